The number of hydrogen-bond donors (Lipinski definition) is 4. The second-order valence-corrected chi connectivity index (χ2v) is 4.48. The summed E-state index contributed by atoms with van der Waals surface area (Å²) in [4.78, 5) is 11.2. The molecule has 0 aromatic rings. The summed E-state index contributed by atoms with van der Waals surface area (Å²) in [6, 6.07) is 0. The van der Waals surface area contributed by atoms with Gasteiger partial charge < -0.3 is 21.3 Å². The predicted molar refractivity (Wildman–Crippen MR) is 72.1 cm³/mol. The molecule has 0 aromatic heterocycles. The zero-order chi connectivity index (χ0) is 12.9. The average molecular weight is 244 g/mol. The van der Waals surface area contributed by atoms with Crippen molar-refractivity contribution in [1.82, 2.24) is 21.3 Å². The molecule has 0 aliphatic heterocycles. The van der Waals surface area contributed by atoms with Crippen molar-refractivity contribution in [3.8, 4) is 0 Å². The smallest absolute Gasteiger partial charge is 0.234 e. The van der Waals surface area contributed by atoms with Crippen LogP contribution in [0.15, 0.2) is 0 Å². The molecule has 0 fully saturated rings. The van der Waals surface area contributed by atoms with Crippen LogP contribution in [-0.4, -0.2) is 51.7 Å². The van der Waals surface area contributed by atoms with Crippen LogP contribution >= 0.6 is 0 Å². The van der Waals surface area contributed by atoms with Gasteiger partial charge in [0.25, 0.3) is 0 Å². The highest BCUT2D eigenvalue weighted by Crippen LogP contribution is 1.85. The standard InChI is InChI=1S/C12H28N4O/c1-4-13-10-12(17)16-8-7-14-5-6-15-9-11(2)3/h11,13-15H,4-10H2,1-3H3,(H,16,17). The number of likely N-dealkylation sites (N-methyl/N-ethyl adjacent to an activating group) is 1. The Morgan fingerprint density at radius 2 is 1.65 bits per heavy atom. The molecule has 4 N–H and O–H groups in total. The van der Waals surface area contributed by atoms with Crippen LogP contribution in [0.2, 0.25) is 0 Å². The predicted octanol–water partition coefficient (Wildman–Crippen LogP) is -0.453. The molecule has 0 atom stereocenters. The Balaban J connectivity index is 3.10. The van der Waals surface area contributed by atoms with E-state index in [-0.39, 0.29) is 5.91 Å². The maximum Gasteiger partial charge on any atom is 0.234 e. The minimum atomic E-state index is 0.0617. The summed E-state index contributed by atoms with van der Waals surface area (Å²) in [5.41, 5.74) is 0. The first kappa shape index (κ1) is 16.4. The first-order valence-electron chi connectivity index (χ1n) is 6.55. The molecule has 0 bridgehead atoms. The van der Waals surface area contributed by atoms with Gasteiger partial charge in [0.2, 0.25) is 5.91 Å². The molecule has 17 heavy (non-hydrogen) atoms. The fourth-order valence-electron chi connectivity index (χ4n) is 1.28. The van der Waals surface area contributed by atoms with Crippen molar-refractivity contribution in [2.75, 3.05) is 45.8 Å². The monoisotopic (exact) mass is 244 g/mol. The molecule has 1 amide bonds. The molecule has 0 radical (unpaired) electrons. The van der Waals surface area contributed by atoms with Crippen LogP contribution in [0.25, 0.3) is 0 Å². The lowest BCUT2D eigenvalue weighted by atomic mass is 10.2. The van der Waals surface area contributed by atoms with Crippen molar-refractivity contribution in [1.29, 1.82) is 0 Å². The molecule has 0 unspecified atom stereocenters. The lowest BCUT2D eigenvalue weighted by Gasteiger charge is -2.09. The largest absolute Gasteiger partial charge is 0.354 e. The quantitative estimate of drug-likeness (QED) is 0.372. The summed E-state index contributed by atoms with van der Waals surface area (Å²) in [6.07, 6.45) is 0. The first-order valence-corrected chi connectivity index (χ1v) is 6.55. The van der Waals surface area contributed by atoms with Crippen LogP contribution in [0.3, 0.4) is 0 Å². The van der Waals surface area contributed by atoms with Crippen LogP contribution in [0, 0.1) is 5.92 Å². The summed E-state index contributed by atoms with van der Waals surface area (Å²) >= 11 is 0. The molecule has 0 saturated carbocycles. The van der Waals surface area contributed by atoms with Gasteiger partial charge in [0.1, 0.15) is 0 Å². The van der Waals surface area contributed by atoms with Gasteiger partial charge in [0.05, 0.1) is 6.54 Å². The number of rotatable bonds is 11. The van der Waals surface area contributed by atoms with Gasteiger partial charge in [-0.25, -0.2) is 0 Å². The molecular formula is C12H28N4O. The molecule has 0 aliphatic carbocycles. The van der Waals surface area contributed by atoms with E-state index in [9.17, 15) is 4.79 Å². The van der Waals surface area contributed by atoms with E-state index in [4.69, 9.17) is 0 Å². The molecule has 5 heteroatoms. The SMILES string of the molecule is CCNCC(=O)NCCNCCNCC(C)C. The Bertz CT molecular complexity index is 185. The number of carbonyl (C=O) groups excluding carboxylic acids is 1. The fourth-order valence-corrected chi connectivity index (χ4v) is 1.28. The van der Waals surface area contributed by atoms with Crippen LogP contribution in [0.4, 0.5) is 0 Å². The summed E-state index contributed by atoms with van der Waals surface area (Å²) in [5.74, 6) is 0.756. The van der Waals surface area contributed by atoms with Gasteiger partial charge in [-0.1, -0.05) is 20.8 Å². The second kappa shape index (κ2) is 11.8. The maximum absolute atomic E-state index is 11.2. The first-order chi connectivity index (χ1) is 8.16. The Hall–Kier alpha value is -0.650. The topological polar surface area (TPSA) is 65.2 Å². The van der Waals surface area contributed by atoms with E-state index in [1.165, 1.54) is 0 Å². The number of hydrogen-bond acceptors (Lipinski definition) is 4. The average Bonchev–Trinajstić information content (AvgIpc) is 2.29. The summed E-state index contributed by atoms with van der Waals surface area (Å²) in [6.45, 7) is 12.1. The molecule has 0 aliphatic rings. The van der Waals surface area contributed by atoms with Gasteiger partial charge in [-0.05, 0) is 19.0 Å². The van der Waals surface area contributed by atoms with E-state index in [1.54, 1.807) is 0 Å². The van der Waals surface area contributed by atoms with E-state index in [2.05, 4.69) is 35.1 Å². The van der Waals surface area contributed by atoms with Gasteiger partial charge in [-0.15, -0.1) is 0 Å². The van der Waals surface area contributed by atoms with E-state index in [0.29, 0.717) is 19.0 Å². The Labute approximate surface area is 105 Å². The Morgan fingerprint density at radius 3 is 2.29 bits per heavy atom. The minimum Gasteiger partial charge on any atom is -0.354 e. The Kier molecular flexibility index (Phi) is 11.4. The number of nitrogens with one attached hydrogen (secondary N) is 4. The van der Waals surface area contributed by atoms with Gasteiger partial charge in [0.15, 0.2) is 0 Å². The zero-order valence-corrected chi connectivity index (χ0v) is 11.4. The normalized spacial score (nSPS) is 10.8. The maximum atomic E-state index is 11.2. The molecule has 5 nitrogen and oxygen atoms in total. The molecule has 0 heterocycles. The molecule has 102 valence electrons. The Morgan fingerprint density at radius 1 is 1.00 bits per heavy atom. The van der Waals surface area contributed by atoms with Crippen molar-refractivity contribution in [3.05, 3.63) is 0 Å². The molecule has 0 aromatic carbocycles. The third-order valence-electron chi connectivity index (χ3n) is 2.19. The van der Waals surface area contributed by atoms with Crippen molar-refractivity contribution < 1.29 is 4.79 Å². The van der Waals surface area contributed by atoms with Crippen LogP contribution in [0.5, 0.6) is 0 Å². The van der Waals surface area contributed by atoms with E-state index in [1.807, 2.05) is 6.92 Å². The summed E-state index contributed by atoms with van der Waals surface area (Å²) in [5, 5.41) is 12.5. The second-order valence-electron chi connectivity index (χ2n) is 4.48. The third-order valence-corrected chi connectivity index (χ3v) is 2.19. The molecule has 0 rings (SSSR count). The van der Waals surface area contributed by atoms with Crippen molar-refractivity contribution in [2.45, 2.75) is 20.8 Å². The minimum absolute atomic E-state index is 0.0617. The van der Waals surface area contributed by atoms with Crippen LogP contribution in [0.1, 0.15) is 20.8 Å². The van der Waals surface area contributed by atoms with E-state index in [0.717, 1.165) is 32.7 Å². The third kappa shape index (κ3) is 13.3. The highest BCUT2D eigenvalue weighted by atomic mass is 16.1. The van der Waals surface area contributed by atoms with E-state index < -0.39 is 0 Å². The van der Waals surface area contributed by atoms with Gasteiger partial charge in [-0.2, -0.15) is 0 Å². The van der Waals surface area contributed by atoms with Gasteiger partial charge in [-0.3, -0.25) is 4.79 Å². The van der Waals surface area contributed by atoms with Gasteiger partial charge in [0, 0.05) is 26.2 Å². The number of carbonyl (C=O) groups is 1. The summed E-state index contributed by atoms with van der Waals surface area (Å²) in [7, 11) is 0. The van der Waals surface area contributed by atoms with Crippen molar-refractivity contribution >= 4 is 5.91 Å². The van der Waals surface area contributed by atoms with E-state index >= 15 is 0 Å². The zero-order valence-electron chi connectivity index (χ0n) is 11.4. The highest BCUT2D eigenvalue weighted by molar-refractivity contribution is 5.77. The number of amides is 1. The molecule has 0 saturated heterocycles. The summed E-state index contributed by atoms with van der Waals surface area (Å²) < 4.78 is 0. The van der Waals surface area contributed by atoms with Crippen LogP contribution in [-0.2, 0) is 4.79 Å². The van der Waals surface area contributed by atoms with Gasteiger partial charge >= 0.3 is 0 Å². The highest BCUT2D eigenvalue weighted by Gasteiger charge is 1.97. The van der Waals surface area contributed by atoms with Crippen molar-refractivity contribution in [2.24, 2.45) is 5.92 Å². The lowest BCUT2D eigenvalue weighted by Crippen LogP contribution is -2.39. The lowest BCUT2D eigenvalue weighted by molar-refractivity contribution is -0.120. The van der Waals surface area contributed by atoms with Crippen LogP contribution < -0.4 is 21.3 Å². The fraction of sp³-hybridized carbons (Fsp3) is 0.917. The van der Waals surface area contributed by atoms with Crippen molar-refractivity contribution in [3.63, 3.8) is 0 Å². The molecule has 0 spiro atoms. The molecular weight excluding hydrogens is 216 g/mol.